The fourth-order valence-corrected chi connectivity index (χ4v) is 2.85. The van der Waals surface area contributed by atoms with Gasteiger partial charge in [-0.1, -0.05) is 64.1 Å². The van der Waals surface area contributed by atoms with Crippen molar-refractivity contribution in [1.82, 2.24) is 0 Å². The van der Waals surface area contributed by atoms with Gasteiger partial charge in [0.2, 0.25) is 0 Å². The Morgan fingerprint density at radius 2 is 1.46 bits per heavy atom. The van der Waals surface area contributed by atoms with Crippen LogP contribution in [0, 0.1) is 0 Å². The summed E-state index contributed by atoms with van der Waals surface area (Å²) in [6, 6.07) is 7.33. The molecule has 2 rings (SSSR count). The number of benzene rings is 2. The van der Waals surface area contributed by atoms with Crippen molar-refractivity contribution in [2.24, 2.45) is 0 Å². The number of halogens is 5. The summed E-state index contributed by atoms with van der Waals surface area (Å²) < 4.78 is 4.90. The van der Waals surface area contributed by atoms with Gasteiger partial charge >= 0.3 is 5.97 Å². The van der Waals surface area contributed by atoms with E-state index in [1.54, 1.807) is 6.07 Å². The Morgan fingerprint density at radius 3 is 2.08 bits per heavy atom. The van der Waals surface area contributed by atoms with E-state index >= 15 is 0 Å². The van der Waals surface area contributed by atoms with Gasteiger partial charge in [-0.15, -0.1) is 0 Å². The third-order valence-corrected chi connectivity index (χ3v) is 4.45. The lowest BCUT2D eigenvalue weighted by Crippen LogP contribution is -2.21. The van der Waals surface area contributed by atoms with Gasteiger partial charge in [0.15, 0.2) is 6.61 Å². The summed E-state index contributed by atoms with van der Waals surface area (Å²) in [6.07, 6.45) is 0. The van der Waals surface area contributed by atoms with E-state index in [9.17, 15) is 9.59 Å². The number of rotatable bonds is 4. The summed E-state index contributed by atoms with van der Waals surface area (Å²) in [5.41, 5.74) is 0.226. The van der Waals surface area contributed by atoms with Gasteiger partial charge < -0.3 is 10.1 Å². The Labute approximate surface area is 162 Å². The molecule has 1 amide bonds. The highest BCUT2D eigenvalue weighted by Gasteiger charge is 2.18. The van der Waals surface area contributed by atoms with Gasteiger partial charge in [0.05, 0.1) is 36.4 Å². The summed E-state index contributed by atoms with van der Waals surface area (Å²) in [7, 11) is 0. The number of carbonyl (C=O) groups excluding carboxylic acids is 2. The number of anilines is 1. The monoisotopic (exact) mass is 425 g/mol. The standard InChI is InChI=1S/C15H8Cl5NO3/c16-7-2-1-3-8(17)14(7)15(23)24-6-13(22)21-12-5-10(19)9(18)4-11(12)20/h1-5H,6H2,(H,21,22). The largest absolute Gasteiger partial charge is 0.452 e. The fourth-order valence-electron chi connectivity index (χ4n) is 1.70. The van der Waals surface area contributed by atoms with Gasteiger partial charge in [0, 0.05) is 0 Å². The third-order valence-electron chi connectivity index (χ3n) is 2.79. The molecule has 0 saturated carbocycles. The summed E-state index contributed by atoms with van der Waals surface area (Å²) >= 11 is 29.4. The van der Waals surface area contributed by atoms with Crippen LogP contribution in [0.4, 0.5) is 5.69 Å². The van der Waals surface area contributed by atoms with Crippen LogP contribution in [0.1, 0.15) is 10.4 Å². The Hall–Kier alpha value is -1.17. The zero-order valence-corrected chi connectivity index (χ0v) is 15.5. The Bertz CT molecular complexity index is 790. The van der Waals surface area contributed by atoms with Crippen LogP contribution in [0.5, 0.6) is 0 Å². The average Bonchev–Trinajstić information content (AvgIpc) is 2.50. The molecule has 2 aromatic rings. The van der Waals surface area contributed by atoms with Crippen molar-refractivity contribution in [3.05, 3.63) is 61.0 Å². The number of hydrogen-bond acceptors (Lipinski definition) is 3. The van der Waals surface area contributed by atoms with E-state index in [0.717, 1.165) is 0 Å². The van der Waals surface area contributed by atoms with Crippen molar-refractivity contribution < 1.29 is 14.3 Å². The molecule has 0 heterocycles. The maximum atomic E-state index is 12.0. The highest BCUT2D eigenvalue weighted by molar-refractivity contribution is 6.44. The molecule has 126 valence electrons. The summed E-state index contributed by atoms with van der Waals surface area (Å²) in [5.74, 6) is -1.44. The van der Waals surface area contributed by atoms with Crippen LogP contribution in [0.15, 0.2) is 30.3 Å². The van der Waals surface area contributed by atoms with Crippen LogP contribution in [-0.4, -0.2) is 18.5 Å². The average molecular weight is 427 g/mol. The first-order valence-corrected chi connectivity index (χ1v) is 8.24. The van der Waals surface area contributed by atoms with Crippen molar-refractivity contribution >= 4 is 75.6 Å². The van der Waals surface area contributed by atoms with Gasteiger partial charge in [-0.2, -0.15) is 0 Å². The summed E-state index contributed by atoms with van der Waals surface area (Å²) in [4.78, 5) is 23.9. The minimum absolute atomic E-state index is 0.0128. The smallest absolute Gasteiger partial charge is 0.341 e. The van der Waals surface area contributed by atoms with E-state index in [1.807, 2.05) is 0 Å². The number of nitrogens with one attached hydrogen (secondary N) is 1. The molecule has 0 saturated heterocycles. The molecule has 0 aliphatic carbocycles. The molecule has 0 aliphatic heterocycles. The van der Waals surface area contributed by atoms with Gasteiger partial charge in [-0.25, -0.2) is 4.79 Å². The molecular formula is C15H8Cl5NO3. The van der Waals surface area contributed by atoms with Crippen LogP contribution in [0.3, 0.4) is 0 Å². The first-order valence-electron chi connectivity index (χ1n) is 6.35. The van der Waals surface area contributed by atoms with Gasteiger partial charge in [0.25, 0.3) is 5.91 Å². The molecule has 0 radical (unpaired) electrons. The number of esters is 1. The lowest BCUT2D eigenvalue weighted by molar-refractivity contribution is -0.119. The predicted molar refractivity (Wildman–Crippen MR) is 96.8 cm³/mol. The van der Waals surface area contributed by atoms with E-state index in [4.69, 9.17) is 62.7 Å². The predicted octanol–water partition coefficient (Wildman–Crippen LogP) is 5.75. The molecule has 24 heavy (non-hydrogen) atoms. The zero-order valence-electron chi connectivity index (χ0n) is 11.7. The third kappa shape index (κ3) is 4.68. The highest BCUT2D eigenvalue weighted by atomic mass is 35.5. The van der Waals surface area contributed by atoms with Crippen LogP contribution in [0.2, 0.25) is 25.1 Å². The molecule has 2 aromatic carbocycles. The lowest BCUT2D eigenvalue weighted by Gasteiger charge is -2.10. The molecule has 0 unspecified atom stereocenters. The van der Waals surface area contributed by atoms with E-state index in [-0.39, 0.29) is 36.4 Å². The lowest BCUT2D eigenvalue weighted by atomic mass is 10.2. The van der Waals surface area contributed by atoms with Crippen LogP contribution < -0.4 is 5.32 Å². The van der Waals surface area contributed by atoms with Crippen molar-refractivity contribution in [2.75, 3.05) is 11.9 Å². The molecule has 1 N–H and O–H groups in total. The highest BCUT2D eigenvalue weighted by Crippen LogP contribution is 2.32. The maximum absolute atomic E-state index is 12.0. The summed E-state index contributed by atoms with van der Waals surface area (Å²) in [6.45, 7) is -0.559. The second-order valence-corrected chi connectivity index (χ2v) is 6.50. The van der Waals surface area contributed by atoms with Crippen molar-refractivity contribution in [3.8, 4) is 0 Å². The van der Waals surface area contributed by atoms with Crippen molar-refractivity contribution in [3.63, 3.8) is 0 Å². The van der Waals surface area contributed by atoms with E-state index in [2.05, 4.69) is 5.32 Å². The SMILES string of the molecule is O=C(COC(=O)c1c(Cl)cccc1Cl)Nc1cc(Cl)c(Cl)cc1Cl. The molecule has 0 spiro atoms. The van der Waals surface area contributed by atoms with Crippen molar-refractivity contribution in [1.29, 1.82) is 0 Å². The second kappa shape index (κ2) is 8.28. The Morgan fingerprint density at radius 1 is 0.875 bits per heavy atom. The zero-order chi connectivity index (χ0) is 17.9. The van der Waals surface area contributed by atoms with Gasteiger partial charge in [-0.05, 0) is 24.3 Å². The minimum atomic E-state index is -0.819. The summed E-state index contributed by atoms with van der Waals surface area (Å²) in [5, 5.41) is 3.37. The number of amides is 1. The number of hydrogen-bond donors (Lipinski definition) is 1. The van der Waals surface area contributed by atoms with Crippen LogP contribution in [0.25, 0.3) is 0 Å². The quantitative estimate of drug-likeness (QED) is 0.499. The second-order valence-electron chi connectivity index (χ2n) is 4.47. The molecule has 0 aromatic heterocycles. The number of carbonyl (C=O) groups is 2. The molecular weight excluding hydrogens is 419 g/mol. The maximum Gasteiger partial charge on any atom is 0.341 e. The first-order chi connectivity index (χ1) is 11.3. The molecule has 0 atom stereocenters. The molecule has 0 aliphatic rings. The van der Waals surface area contributed by atoms with Crippen LogP contribution in [-0.2, 0) is 9.53 Å². The van der Waals surface area contributed by atoms with Gasteiger partial charge in [-0.3, -0.25) is 4.79 Å². The van der Waals surface area contributed by atoms with E-state index < -0.39 is 18.5 Å². The van der Waals surface area contributed by atoms with Crippen molar-refractivity contribution in [2.45, 2.75) is 0 Å². The molecule has 0 fully saturated rings. The Kier molecular flexibility index (Phi) is 6.61. The fraction of sp³-hybridized carbons (Fsp3) is 0.0667. The van der Waals surface area contributed by atoms with E-state index in [0.29, 0.717) is 0 Å². The van der Waals surface area contributed by atoms with Gasteiger partial charge in [0.1, 0.15) is 0 Å². The Balaban J connectivity index is 2.01. The minimum Gasteiger partial charge on any atom is -0.452 e. The topological polar surface area (TPSA) is 55.4 Å². The molecule has 9 heteroatoms. The molecule has 4 nitrogen and oxygen atoms in total. The first kappa shape index (κ1) is 19.2. The van der Waals surface area contributed by atoms with Crippen LogP contribution >= 0.6 is 58.0 Å². The number of ether oxygens (including phenoxy) is 1. The molecule has 0 bridgehead atoms. The normalized spacial score (nSPS) is 10.4. The van der Waals surface area contributed by atoms with E-state index in [1.165, 1.54) is 24.3 Å².